The zero-order chi connectivity index (χ0) is 13.4. The average Bonchev–Trinajstić information content (AvgIpc) is 3.05. The van der Waals surface area contributed by atoms with Gasteiger partial charge in [0, 0.05) is 20.6 Å². The second-order valence-electron chi connectivity index (χ2n) is 5.02. The van der Waals surface area contributed by atoms with E-state index in [4.69, 9.17) is 4.42 Å². The predicted octanol–water partition coefficient (Wildman–Crippen LogP) is 5.03. The zero-order valence-corrected chi connectivity index (χ0v) is 13.8. The highest BCUT2D eigenvalue weighted by Gasteiger charge is 2.21. The molecule has 2 aromatic rings. The van der Waals surface area contributed by atoms with Crippen LogP contribution in [0.15, 0.2) is 37.6 Å². The number of nitrogens with one attached hydrogen (secondary N) is 1. The first kappa shape index (κ1) is 13.4. The molecule has 100 valence electrons. The molecule has 1 aromatic heterocycles. The summed E-state index contributed by atoms with van der Waals surface area (Å²) in [5.41, 5.74) is 2.29. The van der Waals surface area contributed by atoms with E-state index >= 15 is 0 Å². The maximum atomic E-state index is 5.93. The molecule has 19 heavy (non-hydrogen) atoms. The molecule has 0 amide bonds. The van der Waals surface area contributed by atoms with Crippen LogP contribution in [0.25, 0.3) is 11.3 Å². The molecule has 0 aliphatic heterocycles. The van der Waals surface area contributed by atoms with Crippen molar-refractivity contribution in [1.29, 1.82) is 0 Å². The number of rotatable bonds is 4. The monoisotopic (exact) mass is 383 g/mol. The van der Waals surface area contributed by atoms with Crippen LogP contribution in [0.5, 0.6) is 0 Å². The largest absolute Gasteiger partial charge is 0.460 e. The molecule has 1 aliphatic rings. The Labute approximate surface area is 129 Å². The van der Waals surface area contributed by atoms with E-state index in [1.54, 1.807) is 0 Å². The summed E-state index contributed by atoms with van der Waals surface area (Å²) in [4.78, 5) is 0. The first-order valence-electron chi connectivity index (χ1n) is 6.41. The van der Waals surface area contributed by atoms with Gasteiger partial charge in [0.1, 0.15) is 11.5 Å². The van der Waals surface area contributed by atoms with Crippen molar-refractivity contribution in [2.75, 3.05) is 0 Å². The molecule has 2 nitrogen and oxygen atoms in total. The lowest BCUT2D eigenvalue weighted by atomic mass is 10.1. The van der Waals surface area contributed by atoms with Crippen LogP contribution in [0.4, 0.5) is 0 Å². The number of aryl methyl sites for hydroxylation is 1. The van der Waals surface area contributed by atoms with Gasteiger partial charge in [-0.2, -0.15) is 0 Å². The van der Waals surface area contributed by atoms with E-state index in [9.17, 15) is 0 Å². The van der Waals surface area contributed by atoms with Gasteiger partial charge in [-0.3, -0.25) is 0 Å². The molecule has 1 N–H and O–H groups in total. The van der Waals surface area contributed by atoms with Crippen molar-refractivity contribution in [3.8, 4) is 11.3 Å². The first-order valence-corrected chi connectivity index (χ1v) is 8.00. The number of halogens is 2. The summed E-state index contributed by atoms with van der Waals surface area (Å²) in [6.45, 7) is 2.89. The smallest absolute Gasteiger partial charge is 0.136 e. The highest BCUT2D eigenvalue weighted by Crippen LogP contribution is 2.37. The Bertz CT molecular complexity index is 579. The van der Waals surface area contributed by atoms with Gasteiger partial charge in [-0.15, -0.1) is 0 Å². The molecular formula is C15H15Br2NO. The molecule has 0 atom stereocenters. The van der Waals surface area contributed by atoms with Gasteiger partial charge in [0.2, 0.25) is 0 Å². The Morgan fingerprint density at radius 2 is 1.89 bits per heavy atom. The second kappa shape index (κ2) is 5.43. The van der Waals surface area contributed by atoms with Crippen LogP contribution < -0.4 is 5.32 Å². The Kier molecular flexibility index (Phi) is 3.83. The highest BCUT2D eigenvalue weighted by molar-refractivity contribution is 9.11. The molecule has 1 fully saturated rings. The molecule has 3 rings (SSSR count). The summed E-state index contributed by atoms with van der Waals surface area (Å²) in [5.74, 6) is 1.88. The van der Waals surface area contributed by atoms with Crippen molar-refractivity contribution in [3.05, 3.63) is 44.5 Å². The molecule has 1 saturated carbocycles. The third-order valence-electron chi connectivity index (χ3n) is 3.24. The Balaban J connectivity index is 1.85. The molecule has 0 bridgehead atoms. The summed E-state index contributed by atoms with van der Waals surface area (Å²) in [6.07, 6.45) is 2.59. The van der Waals surface area contributed by atoms with Gasteiger partial charge in [-0.05, 0) is 81.5 Å². The van der Waals surface area contributed by atoms with Crippen LogP contribution in [-0.2, 0) is 6.54 Å². The van der Waals surface area contributed by atoms with Gasteiger partial charge in [0.05, 0.1) is 6.54 Å². The fourth-order valence-corrected chi connectivity index (χ4v) is 3.88. The number of hydrogen-bond acceptors (Lipinski definition) is 2. The molecule has 0 radical (unpaired) electrons. The average molecular weight is 385 g/mol. The van der Waals surface area contributed by atoms with Crippen LogP contribution in [0.2, 0.25) is 0 Å². The SMILES string of the molecule is Cc1cc(Br)c(-c2ccc(CNC3CC3)o2)c(Br)c1. The van der Waals surface area contributed by atoms with Gasteiger partial charge in [0.15, 0.2) is 0 Å². The van der Waals surface area contributed by atoms with Crippen LogP contribution in [0.1, 0.15) is 24.2 Å². The quantitative estimate of drug-likeness (QED) is 0.799. The molecule has 1 aliphatic carbocycles. The van der Waals surface area contributed by atoms with Gasteiger partial charge in [-0.1, -0.05) is 0 Å². The Morgan fingerprint density at radius 3 is 2.53 bits per heavy atom. The van der Waals surface area contributed by atoms with Crippen molar-refractivity contribution in [2.24, 2.45) is 0 Å². The van der Waals surface area contributed by atoms with Gasteiger partial charge >= 0.3 is 0 Å². The standard InChI is InChI=1S/C15H15Br2NO/c1-9-6-12(16)15(13(17)7-9)14-5-4-11(19-14)8-18-10-2-3-10/h4-7,10,18H,2-3,8H2,1H3. The van der Waals surface area contributed by atoms with Crippen molar-refractivity contribution in [3.63, 3.8) is 0 Å². The minimum Gasteiger partial charge on any atom is -0.460 e. The summed E-state index contributed by atoms with van der Waals surface area (Å²) >= 11 is 7.22. The zero-order valence-electron chi connectivity index (χ0n) is 10.7. The molecule has 0 unspecified atom stereocenters. The molecular weight excluding hydrogens is 370 g/mol. The van der Waals surface area contributed by atoms with E-state index in [-0.39, 0.29) is 0 Å². The lowest BCUT2D eigenvalue weighted by molar-refractivity contribution is 0.492. The van der Waals surface area contributed by atoms with E-state index in [0.29, 0.717) is 6.04 Å². The molecule has 0 spiro atoms. The van der Waals surface area contributed by atoms with Crippen LogP contribution in [0.3, 0.4) is 0 Å². The van der Waals surface area contributed by atoms with Gasteiger partial charge in [0.25, 0.3) is 0 Å². The van der Waals surface area contributed by atoms with Crippen LogP contribution in [-0.4, -0.2) is 6.04 Å². The third-order valence-corrected chi connectivity index (χ3v) is 4.49. The molecule has 4 heteroatoms. The first-order chi connectivity index (χ1) is 9.13. The minimum atomic E-state index is 0.700. The topological polar surface area (TPSA) is 25.2 Å². The number of benzene rings is 1. The van der Waals surface area contributed by atoms with E-state index < -0.39 is 0 Å². The highest BCUT2D eigenvalue weighted by atomic mass is 79.9. The summed E-state index contributed by atoms with van der Waals surface area (Å²) in [7, 11) is 0. The maximum absolute atomic E-state index is 5.93. The fraction of sp³-hybridized carbons (Fsp3) is 0.333. The molecule has 1 aromatic carbocycles. The number of hydrogen-bond donors (Lipinski definition) is 1. The predicted molar refractivity (Wildman–Crippen MR) is 84.1 cm³/mol. The number of furan rings is 1. The molecule has 1 heterocycles. The second-order valence-corrected chi connectivity index (χ2v) is 6.73. The van der Waals surface area contributed by atoms with Crippen LogP contribution >= 0.6 is 31.9 Å². The van der Waals surface area contributed by atoms with Gasteiger partial charge in [-0.25, -0.2) is 0 Å². The van der Waals surface area contributed by atoms with E-state index in [1.807, 2.05) is 12.1 Å². The maximum Gasteiger partial charge on any atom is 0.136 e. The van der Waals surface area contributed by atoms with Crippen molar-refractivity contribution in [1.82, 2.24) is 5.32 Å². The third kappa shape index (κ3) is 3.12. The van der Waals surface area contributed by atoms with Crippen molar-refractivity contribution < 1.29 is 4.42 Å². The van der Waals surface area contributed by atoms with Crippen molar-refractivity contribution >= 4 is 31.9 Å². The minimum absolute atomic E-state index is 0.700. The Morgan fingerprint density at radius 1 is 1.21 bits per heavy atom. The summed E-state index contributed by atoms with van der Waals surface area (Å²) in [6, 6.07) is 8.98. The van der Waals surface area contributed by atoms with Crippen LogP contribution in [0, 0.1) is 6.92 Å². The van der Waals surface area contributed by atoms with E-state index in [1.165, 1.54) is 18.4 Å². The van der Waals surface area contributed by atoms with Crippen molar-refractivity contribution in [2.45, 2.75) is 32.4 Å². The fourth-order valence-electron chi connectivity index (χ4n) is 2.07. The summed E-state index contributed by atoms with van der Waals surface area (Å²) in [5, 5.41) is 3.46. The van der Waals surface area contributed by atoms with E-state index in [0.717, 1.165) is 32.6 Å². The molecule has 0 saturated heterocycles. The lowest BCUT2D eigenvalue weighted by Gasteiger charge is -2.06. The normalized spacial score (nSPS) is 14.9. The summed E-state index contributed by atoms with van der Waals surface area (Å²) < 4.78 is 8.03. The van der Waals surface area contributed by atoms with Gasteiger partial charge < -0.3 is 9.73 Å². The van der Waals surface area contributed by atoms with E-state index in [2.05, 4.69) is 56.2 Å². The lowest BCUT2D eigenvalue weighted by Crippen LogP contribution is -2.14. The Hall–Kier alpha value is -0.580.